The van der Waals surface area contributed by atoms with Crippen molar-refractivity contribution in [1.29, 1.82) is 0 Å². The number of pyridine rings is 1. The third-order valence-corrected chi connectivity index (χ3v) is 6.98. The minimum Gasteiger partial charge on any atom is -0.437 e. The minimum absolute atomic E-state index is 0.248. The molecule has 4 aromatic rings. The molecule has 41 heavy (non-hydrogen) atoms. The van der Waals surface area contributed by atoms with Crippen LogP contribution in [0.15, 0.2) is 60.9 Å². The molecule has 2 aromatic carbocycles. The van der Waals surface area contributed by atoms with Crippen molar-refractivity contribution < 1.29 is 23.4 Å². The molecule has 1 aliphatic rings. The number of anilines is 2. The van der Waals surface area contributed by atoms with E-state index in [4.69, 9.17) is 9.72 Å². The molecule has 0 aliphatic carbocycles. The zero-order chi connectivity index (χ0) is 29.0. The smallest absolute Gasteiger partial charge is 0.271 e. The van der Waals surface area contributed by atoms with Crippen LogP contribution in [0.3, 0.4) is 0 Å². The standard InChI is InChI=1S/C30H32F2N6O3/c1-18-10-11-20-21(7-3-9-23(20)37-26(40)16-25(39)30(2,31)32)27(18)41-28-22(8-5-14-34-28)24-12-15-35-29(38-24)36-19-6-4-13-33-17-19/h3,5,7-12,14-15,19,25,33,39H,4,6,13,16-17H2,1-2H3,(H,37,40)(H,35,36,38)/t19-,25+/m0/s1. The predicted octanol–water partition coefficient (Wildman–Crippen LogP) is 5.30. The van der Waals surface area contributed by atoms with Crippen molar-refractivity contribution in [3.63, 3.8) is 0 Å². The van der Waals surface area contributed by atoms with E-state index in [1.807, 2.05) is 31.2 Å². The molecule has 0 bridgehead atoms. The Balaban J connectivity index is 1.43. The molecular weight excluding hydrogens is 530 g/mol. The van der Waals surface area contributed by atoms with Crippen molar-refractivity contribution in [3.8, 4) is 22.9 Å². The molecule has 4 N–H and O–H groups in total. The number of piperidine rings is 1. The van der Waals surface area contributed by atoms with Gasteiger partial charge in [0.15, 0.2) is 0 Å². The van der Waals surface area contributed by atoms with Gasteiger partial charge in [0.25, 0.3) is 5.92 Å². The number of aryl methyl sites for hydroxylation is 1. The minimum atomic E-state index is -3.39. The van der Waals surface area contributed by atoms with Crippen LogP contribution in [0.1, 0.15) is 31.7 Å². The SMILES string of the molecule is Cc1ccc2c(NC(=O)C[C@@H](O)C(C)(F)F)cccc2c1Oc1ncccc1-c1ccnc(N[C@H]2CCCNC2)n1. The monoisotopic (exact) mass is 562 g/mol. The van der Waals surface area contributed by atoms with Crippen molar-refractivity contribution in [2.45, 2.75) is 51.2 Å². The summed E-state index contributed by atoms with van der Waals surface area (Å²) in [6.07, 6.45) is 2.63. The number of carbonyl (C=O) groups is 1. The van der Waals surface area contributed by atoms with Gasteiger partial charge in [0.1, 0.15) is 11.9 Å². The molecule has 1 amide bonds. The first kappa shape index (κ1) is 28.3. The molecule has 0 saturated carbocycles. The summed E-state index contributed by atoms with van der Waals surface area (Å²) in [6.45, 7) is 4.34. The number of amides is 1. The van der Waals surface area contributed by atoms with Crippen molar-refractivity contribution in [3.05, 3.63) is 66.5 Å². The van der Waals surface area contributed by atoms with Crippen molar-refractivity contribution in [2.24, 2.45) is 0 Å². The first-order chi connectivity index (χ1) is 19.7. The van der Waals surface area contributed by atoms with Gasteiger partial charge < -0.3 is 25.8 Å². The van der Waals surface area contributed by atoms with Crippen LogP contribution < -0.4 is 20.7 Å². The Morgan fingerprint density at radius 1 is 1.15 bits per heavy atom. The highest BCUT2D eigenvalue weighted by Crippen LogP contribution is 2.38. The van der Waals surface area contributed by atoms with Gasteiger partial charge in [-0.2, -0.15) is 0 Å². The van der Waals surface area contributed by atoms with Gasteiger partial charge in [-0.1, -0.05) is 24.3 Å². The van der Waals surface area contributed by atoms with E-state index < -0.39 is 24.4 Å². The maximum atomic E-state index is 13.4. The molecule has 5 rings (SSSR count). The Morgan fingerprint density at radius 3 is 2.78 bits per heavy atom. The van der Waals surface area contributed by atoms with Gasteiger partial charge in [0.2, 0.25) is 17.7 Å². The van der Waals surface area contributed by atoms with Crippen LogP contribution in [0.4, 0.5) is 20.4 Å². The number of halogens is 2. The fourth-order valence-corrected chi connectivity index (χ4v) is 4.74. The number of aliphatic hydroxyl groups excluding tert-OH is 1. The number of rotatable bonds is 9. The second-order valence-electron chi connectivity index (χ2n) is 10.2. The molecule has 214 valence electrons. The van der Waals surface area contributed by atoms with Crippen molar-refractivity contribution >= 4 is 28.3 Å². The van der Waals surface area contributed by atoms with Crippen LogP contribution in [0, 0.1) is 6.92 Å². The molecule has 11 heteroatoms. The van der Waals surface area contributed by atoms with E-state index in [1.54, 1.807) is 36.7 Å². The molecule has 9 nitrogen and oxygen atoms in total. The summed E-state index contributed by atoms with van der Waals surface area (Å²) in [5.41, 5.74) is 2.56. The summed E-state index contributed by atoms with van der Waals surface area (Å²) in [7, 11) is 0. The summed E-state index contributed by atoms with van der Waals surface area (Å²) >= 11 is 0. The van der Waals surface area contributed by atoms with Gasteiger partial charge >= 0.3 is 0 Å². The number of alkyl halides is 2. The molecule has 1 fully saturated rings. The van der Waals surface area contributed by atoms with E-state index in [-0.39, 0.29) is 6.04 Å². The summed E-state index contributed by atoms with van der Waals surface area (Å²) < 4.78 is 33.2. The van der Waals surface area contributed by atoms with Gasteiger partial charge in [-0.25, -0.2) is 23.7 Å². The van der Waals surface area contributed by atoms with Gasteiger partial charge in [0, 0.05) is 48.4 Å². The summed E-state index contributed by atoms with van der Waals surface area (Å²) in [5, 5.41) is 20.4. The molecule has 3 heterocycles. The first-order valence-corrected chi connectivity index (χ1v) is 13.5. The van der Waals surface area contributed by atoms with Gasteiger partial charge in [-0.15, -0.1) is 0 Å². The Kier molecular flexibility index (Phi) is 8.36. The number of carbonyl (C=O) groups excluding carboxylic acids is 1. The molecule has 2 aromatic heterocycles. The van der Waals surface area contributed by atoms with Gasteiger partial charge in [-0.3, -0.25) is 4.79 Å². The lowest BCUT2D eigenvalue weighted by molar-refractivity contribution is -0.129. The van der Waals surface area contributed by atoms with Crippen LogP contribution in [0.2, 0.25) is 0 Å². The maximum Gasteiger partial charge on any atom is 0.271 e. The van der Waals surface area contributed by atoms with Crippen LogP contribution in [-0.4, -0.2) is 57.1 Å². The highest BCUT2D eigenvalue weighted by Gasteiger charge is 2.34. The third kappa shape index (κ3) is 6.75. The second-order valence-corrected chi connectivity index (χ2v) is 10.2. The molecule has 0 unspecified atom stereocenters. The second kappa shape index (κ2) is 12.1. The van der Waals surface area contributed by atoms with Crippen LogP contribution >= 0.6 is 0 Å². The zero-order valence-corrected chi connectivity index (χ0v) is 22.8. The number of aliphatic hydroxyl groups is 1. The third-order valence-electron chi connectivity index (χ3n) is 6.98. The first-order valence-electron chi connectivity index (χ1n) is 13.5. The van der Waals surface area contributed by atoms with E-state index in [0.29, 0.717) is 52.2 Å². The number of fused-ring (bicyclic) bond motifs is 1. The number of hydrogen-bond acceptors (Lipinski definition) is 8. The number of benzene rings is 2. The molecular formula is C30H32F2N6O3. The largest absolute Gasteiger partial charge is 0.437 e. The number of nitrogens with one attached hydrogen (secondary N) is 3. The zero-order valence-electron chi connectivity index (χ0n) is 22.8. The van der Waals surface area contributed by atoms with Crippen molar-refractivity contribution in [1.82, 2.24) is 20.3 Å². The van der Waals surface area contributed by atoms with E-state index in [0.717, 1.165) is 31.5 Å². The molecule has 1 aliphatic heterocycles. The maximum absolute atomic E-state index is 13.4. The summed E-state index contributed by atoms with van der Waals surface area (Å²) in [6, 6.07) is 14.6. The lowest BCUT2D eigenvalue weighted by Crippen LogP contribution is -2.38. The van der Waals surface area contributed by atoms with E-state index >= 15 is 0 Å². The fraction of sp³-hybridized carbons (Fsp3) is 0.333. The van der Waals surface area contributed by atoms with Crippen LogP contribution in [-0.2, 0) is 4.79 Å². The molecule has 2 atom stereocenters. The van der Waals surface area contributed by atoms with E-state index in [9.17, 15) is 18.7 Å². The Labute approximate surface area is 236 Å². The number of aromatic nitrogens is 3. The van der Waals surface area contributed by atoms with Crippen molar-refractivity contribution in [2.75, 3.05) is 23.7 Å². The highest BCUT2D eigenvalue weighted by atomic mass is 19.3. The lowest BCUT2D eigenvalue weighted by atomic mass is 10.0. The van der Waals surface area contributed by atoms with E-state index in [1.165, 1.54) is 0 Å². The number of nitrogens with zero attached hydrogens (tertiary/aromatic N) is 3. The quantitative estimate of drug-likeness (QED) is 0.217. The van der Waals surface area contributed by atoms with Crippen LogP contribution in [0.25, 0.3) is 22.0 Å². The molecule has 0 radical (unpaired) electrons. The van der Waals surface area contributed by atoms with E-state index in [2.05, 4.69) is 25.9 Å². The highest BCUT2D eigenvalue weighted by molar-refractivity contribution is 6.04. The summed E-state index contributed by atoms with van der Waals surface area (Å²) in [5.74, 6) is -2.71. The van der Waals surface area contributed by atoms with Gasteiger partial charge in [0.05, 0.1) is 17.7 Å². The Bertz CT molecular complexity index is 1540. The predicted molar refractivity (Wildman–Crippen MR) is 153 cm³/mol. The molecule has 0 spiro atoms. The average Bonchev–Trinajstić information content (AvgIpc) is 2.95. The average molecular weight is 563 g/mol. The van der Waals surface area contributed by atoms with Crippen LogP contribution in [0.5, 0.6) is 11.6 Å². The lowest BCUT2D eigenvalue weighted by Gasteiger charge is -2.23. The van der Waals surface area contributed by atoms with Gasteiger partial charge in [-0.05, 0) is 56.1 Å². The summed E-state index contributed by atoms with van der Waals surface area (Å²) in [4.78, 5) is 26.0. The number of hydrogen-bond donors (Lipinski definition) is 4. The Hall–Kier alpha value is -4.22. The normalized spacial score (nSPS) is 16.3. The molecule has 1 saturated heterocycles. The Morgan fingerprint density at radius 2 is 2.00 bits per heavy atom. The fourth-order valence-electron chi connectivity index (χ4n) is 4.74. The topological polar surface area (TPSA) is 121 Å². The number of ether oxygens (including phenoxy) is 1.